The highest BCUT2D eigenvalue weighted by Gasteiger charge is 2.18. The van der Waals surface area contributed by atoms with Gasteiger partial charge < -0.3 is 11.1 Å². The molecular weight excluding hydrogens is 222 g/mol. The zero-order chi connectivity index (χ0) is 12.8. The van der Waals surface area contributed by atoms with Crippen LogP contribution in [0.25, 0.3) is 0 Å². The number of carbonyl (C=O) groups is 1. The van der Waals surface area contributed by atoms with Gasteiger partial charge in [-0.2, -0.15) is 0 Å². The van der Waals surface area contributed by atoms with Crippen LogP contribution >= 0.6 is 0 Å². The molecule has 0 aromatic heterocycles. The van der Waals surface area contributed by atoms with Crippen LogP contribution in [0.15, 0.2) is 24.3 Å². The molecule has 1 unspecified atom stereocenters. The lowest BCUT2D eigenvalue weighted by Gasteiger charge is -2.10. The Morgan fingerprint density at radius 1 is 1.53 bits per heavy atom. The molecular formula is C11H15N3O3. The van der Waals surface area contributed by atoms with Gasteiger partial charge in [0.1, 0.15) is 5.56 Å². The molecule has 1 aromatic rings. The molecule has 1 rings (SSSR count). The zero-order valence-electron chi connectivity index (χ0n) is 9.55. The highest BCUT2D eigenvalue weighted by Crippen LogP contribution is 2.17. The smallest absolute Gasteiger partial charge is 0.282 e. The minimum Gasteiger partial charge on any atom is -0.352 e. The number of para-hydroxylation sites is 1. The quantitative estimate of drug-likeness (QED) is 0.587. The number of nitrogens with one attached hydrogen (secondary N) is 1. The number of nitro benzene ring substituents is 1. The predicted octanol–water partition coefficient (Wildman–Crippen LogP) is 0.919. The van der Waals surface area contributed by atoms with Crippen molar-refractivity contribution in [3.8, 4) is 0 Å². The summed E-state index contributed by atoms with van der Waals surface area (Å²) in [7, 11) is 0. The van der Waals surface area contributed by atoms with E-state index >= 15 is 0 Å². The van der Waals surface area contributed by atoms with E-state index in [1.54, 1.807) is 6.07 Å². The third kappa shape index (κ3) is 3.53. The van der Waals surface area contributed by atoms with E-state index in [1.807, 2.05) is 6.92 Å². The van der Waals surface area contributed by atoms with Crippen molar-refractivity contribution >= 4 is 11.6 Å². The van der Waals surface area contributed by atoms with E-state index in [-0.39, 0.29) is 17.2 Å². The Morgan fingerprint density at radius 3 is 2.76 bits per heavy atom. The minimum atomic E-state index is -0.568. The van der Waals surface area contributed by atoms with Gasteiger partial charge in [0, 0.05) is 12.6 Å². The summed E-state index contributed by atoms with van der Waals surface area (Å²) in [6.07, 6.45) is 0. The Labute approximate surface area is 99.0 Å². The maximum Gasteiger partial charge on any atom is 0.282 e. The van der Waals surface area contributed by atoms with Crippen LogP contribution in [-0.4, -0.2) is 23.9 Å². The molecule has 0 fully saturated rings. The second-order valence-electron chi connectivity index (χ2n) is 3.83. The summed E-state index contributed by atoms with van der Waals surface area (Å²) in [4.78, 5) is 21.9. The molecule has 92 valence electrons. The molecule has 6 heteroatoms. The molecule has 0 saturated carbocycles. The van der Waals surface area contributed by atoms with Crippen LogP contribution in [-0.2, 0) is 0 Å². The number of hydrogen-bond donors (Lipinski definition) is 2. The van der Waals surface area contributed by atoms with Crippen molar-refractivity contribution in [1.82, 2.24) is 5.32 Å². The Hall–Kier alpha value is -1.95. The molecule has 1 amide bonds. The van der Waals surface area contributed by atoms with Gasteiger partial charge in [-0.3, -0.25) is 14.9 Å². The van der Waals surface area contributed by atoms with Gasteiger partial charge in [-0.05, 0) is 18.5 Å². The molecule has 3 N–H and O–H groups in total. The maximum atomic E-state index is 11.7. The number of nitrogens with zero attached hydrogens (tertiary/aromatic N) is 1. The van der Waals surface area contributed by atoms with Gasteiger partial charge >= 0.3 is 0 Å². The predicted molar refractivity (Wildman–Crippen MR) is 63.6 cm³/mol. The summed E-state index contributed by atoms with van der Waals surface area (Å²) in [6.45, 7) is 2.75. The van der Waals surface area contributed by atoms with Crippen LogP contribution in [0.3, 0.4) is 0 Å². The van der Waals surface area contributed by atoms with E-state index < -0.39 is 10.8 Å². The average molecular weight is 237 g/mol. The normalized spacial score (nSPS) is 11.9. The van der Waals surface area contributed by atoms with Crippen molar-refractivity contribution in [2.75, 3.05) is 13.1 Å². The highest BCUT2D eigenvalue weighted by atomic mass is 16.6. The summed E-state index contributed by atoms with van der Waals surface area (Å²) in [5.74, 6) is -0.306. The molecule has 0 aliphatic heterocycles. The van der Waals surface area contributed by atoms with E-state index in [1.165, 1.54) is 18.2 Å². The first-order chi connectivity index (χ1) is 8.06. The first-order valence-electron chi connectivity index (χ1n) is 5.28. The Balaban J connectivity index is 2.78. The lowest BCUT2D eigenvalue weighted by molar-refractivity contribution is -0.385. The number of benzene rings is 1. The van der Waals surface area contributed by atoms with Crippen LogP contribution in [0, 0.1) is 16.0 Å². The van der Waals surface area contributed by atoms with Gasteiger partial charge in [0.15, 0.2) is 0 Å². The molecule has 0 aliphatic carbocycles. The molecule has 1 atom stereocenters. The first kappa shape index (κ1) is 13.1. The number of rotatable bonds is 5. The Kier molecular flexibility index (Phi) is 4.59. The van der Waals surface area contributed by atoms with Gasteiger partial charge in [0.05, 0.1) is 4.92 Å². The Bertz CT molecular complexity index is 420. The standard InChI is InChI=1S/C11H15N3O3/c1-8(6-12)7-13-11(15)9-4-2-3-5-10(9)14(16)17/h2-5,8H,6-7,12H2,1H3,(H,13,15). The third-order valence-electron chi connectivity index (χ3n) is 2.36. The molecule has 0 saturated heterocycles. The molecule has 0 aliphatic rings. The van der Waals surface area contributed by atoms with Crippen LogP contribution < -0.4 is 11.1 Å². The van der Waals surface area contributed by atoms with E-state index in [0.717, 1.165) is 0 Å². The van der Waals surface area contributed by atoms with Gasteiger partial charge in [-0.15, -0.1) is 0 Å². The Morgan fingerprint density at radius 2 is 2.18 bits per heavy atom. The monoisotopic (exact) mass is 237 g/mol. The number of carbonyl (C=O) groups excluding carboxylic acids is 1. The van der Waals surface area contributed by atoms with E-state index in [4.69, 9.17) is 5.73 Å². The van der Waals surface area contributed by atoms with Crippen LogP contribution in [0.2, 0.25) is 0 Å². The van der Waals surface area contributed by atoms with E-state index in [0.29, 0.717) is 13.1 Å². The first-order valence-corrected chi connectivity index (χ1v) is 5.28. The maximum absolute atomic E-state index is 11.7. The fourth-order valence-corrected chi connectivity index (χ4v) is 1.27. The number of nitro groups is 1. The summed E-state index contributed by atoms with van der Waals surface area (Å²) in [5, 5.41) is 13.3. The summed E-state index contributed by atoms with van der Waals surface area (Å²) in [6, 6.07) is 5.85. The van der Waals surface area contributed by atoms with Gasteiger partial charge in [-0.1, -0.05) is 19.1 Å². The largest absolute Gasteiger partial charge is 0.352 e. The fraction of sp³-hybridized carbons (Fsp3) is 0.364. The van der Waals surface area contributed by atoms with Crippen LogP contribution in [0.5, 0.6) is 0 Å². The van der Waals surface area contributed by atoms with Gasteiger partial charge in [-0.25, -0.2) is 0 Å². The molecule has 0 heterocycles. The topological polar surface area (TPSA) is 98.3 Å². The number of amides is 1. The average Bonchev–Trinajstić information content (AvgIpc) is 2.35. The molecule has 0 spiro atoms. The summed E-state index contributed by atoms with van der Waals surface area (Å²) < 4.78 is 0. The van der Waals surface area contributed by atoms with E-state index in [2.05, 4.69) is 5.32 Å². The highest BCUT2D eigenvalue weighted by molar-refractivity contribution is 5.98. The summed E-state index contributed by atoms with van der Waals surface area (Å²) in [5.41, 5.74) is 5.30. The lowest BCUT2D eigenvalue weighted by atomic mass is 10.1. The summed E-state index contributed by atoms with van der Waals surface area (Å²) >= 11 is 0. The van der Waals surface area contributed by atoms with Crippen LogP contribution in [0.1, 0.15) is 17.3 Å². The van der Waals surface area contributed by atoms with Crippen molar-refractivity contribution in [3.63, 3.8) is 0 Å². The number of hydrogen-bond acceptors (Lipinski definition) is 4. The molecule has 6 nitrogen and oxygen atoms in total. The third-order valence-corrected chi connectivity index (χ3v) is 2.36. The van der Waals surface area contributed by atoms with Crippen molar-refractivity contribution in [3.05, 3.63) is 39.9 Å². The fourth-order valence-electron chi connectivity index (χ4n) is 1.27. The zero-order valence-corrected chi connectivity index (χ0v) is 9.55. The van der Waals surface area contributed by atoms with Crippen molar-refractivity contribution in [1.29, 1.82) is 0 Å². The molecule has 17 heavy (non-hydrogen) atoms. The molecule has 0 bridgehead atoms. The molecule has 1 aromatic carbocycles. The number of nitrogens with two attached hydrogens (primary N) is 1. The molecule has 0 radical (unpaired) electrons. The van der Waals surface area contributed by atoms with E-state index in [9.17, 15) is 14.9 Å². The second kappa shape index (κ2) is 5.95. The van der Waals surface area contributed by atoms with Gasteiger partial charge in [0.25, 0.3) is 11.6 Å². The second-order valence-corrected chi connectivity index (χ2v) is 3.83. The van der Waals surface area contributed by atoms with Gasteiger partial charge in [0.2, 0.25) is 0 Å². The minimum absolute atomic E-state index is 0.0710. The van der Waals surface area contributed by atoms with Crippen molar-refractivity contribution in [2.45, 2.75) is 6.92 Å². The van der Waals surface area contributed by atoms with Crippen molar-refractivity contribution in [2.24, 2.45) is 11.7 Å². The van der Waals surface area contributed by atoms with Crippen LogP contribution in [0.4, 0.5) is 5.69 Å². The van der Waals surface area contributed by atoms with Crippen molar-refractivity contribution < 1.29 is 9.72 Å². The lowest BCUT2D eigenvalue weighted by Crippen LogP contribution is -2.31. The SMILES string of the molecule is CC(CN)CNC(=O)c1ccccc1[N+](=O)[O-].